The number of methoxy groups -OCH3 is 1. The van der Waals surface area contributed by atoms with Crippen LogP contribution in [-0.4, -0.2) is 42.3 Å². The zero-order valence-electron chi connectivity index (χ0n) is 14.1. The maximum Gasteiger partial charge on any atom is 0.408 e. The Hall–Kier alpha value is -2.05. The van der Waals surface area contributed by atoms with Crippen molar-refractivity contribution in [3.8, 4) is 0 Å². The molecule has 0 aromatic rings. The van der Waals surface area contributed by atoms with Crippen molar-refractivity contribution in [2.45, 2.75) is 58.2 Å². The Morgan fingerprint density at radius 1 is 1.23 bits per heavy atom. The molecule has 0 saturated carbocycles. The van der Waals surface area contributed by atoms with Crippen LogP contribution in [0.3, 0.4) is 0 Å². The smallest absolute Gasteiger partial charge is 0.408 e. The van der Waals surface area contributed by atoms with Gasteiger partial charge in [-0.1, -0.05) is 6.08 Å². The molecule has 0 heterocycles. The summed E-state index contributed by atoms with van der Waals surface area (Å²) in [5.74, 6) is -1.11. The van der Waals surface area contributed by atoms with Gasteiger partial charge in [0.1, 0.15) is 17.2 Å². The molecular weight excluding hydrogens is 288 g/mol. The molecule has 126 valence electrons. The van der Waals surface area contributed by atoms with Gasteiger partial charge in [-0.25, -0.2) is 9.59 Å². The van der Waals surface area contributed by atoms with Gasteiger partial charge in [-0.15, -0.1) is 6.58 Å². The highest BCUT2D eigenvalue weighted by molar-refractivity contribution is 5.92. The number of carbonyl (C=O) groups is 3. The molecule has 0 aromatic heterocycles. The van der Waals surface area contributed by atoms with Gasteiger partial charge in [0.25, 0.3) is 0 Å². The molecular formula is C15H26N2O5. The number of alkyl carbamates (subject to hydrolysis) is 1. The number of esters is 1. The third-order valence-electron chi connectivity index (χ3n) is 2.73. The van der Waals surface area contributed by atoms with E-state index in [1.807, 2.05) is 0 Å². The summed E-state index contributed by atoms with van der Waals surface area (Å²) in [6.45, 7) is 11.8. The van der Waals surface area contributed by atoms with Gasteiger partial charge in [-0.05, 0) is 41.0 Å². The van der Waals surface area contributed by atoms with E-state index in [2.05, 4.69) is 21.9 Å². The van der Waals surface area contributed by atoms with Crippen LogP contribution in [0.2, 0.25) is 0 Å². The standard InChI is InChI=1S/C15H26N2O5/c1-8-9-15(6,17-13(20)22-14(3,4)5)12(19)16-10(2)11(18)21-7/h8,10H,1,9H2,2-7H3,(H,16,19)(H,17,20)/t10-,15-/m1/s1. The molecule has 0 aliphatic carbocycles. The molecule has 7 nitrogen and oxygen atoms in total. The van der Waals surface area contributed by atoms with Crippen LogP contribution >= 0.6 is 0 Å². The van der Waals surface area contributed by atoms with E-state index in [0.29, 0.717) is 0 Å². The largest absolute Gasteiger partial charge is 0.467 e. The first kappa shape index (κ1) is 19.9. The molecule has 0 aromatic carbocycles. The maximum absolute atomic E-state index is 12.3. The van der Waals surface area contributed by atoms with Crippen LogP contribution in [0, 0.1) is 0 Å². The third kappa shape index (κ3) is 6.60. The molecule has 2 N–H and O–H groups in total. The summed E-state index contributed by atoms with van der Waals surface area (Å²) < 4.78 is 9.69. The van der Waals surface area contributed by atoms with E-state index in [4.69, 9.17) is 4.74 Å². The summed E-state index contributed by atoms with van der Waals surface area (Å²) in [5.41, 5.74) is -1.97. The van der Waals surface area contributed by atoms with Crippen LogP contribution < -0.4 is 10.6 Å². The second-order valence-corrected chi connectivity index (χ2v) is 6.17. The van der Waals surface area contributed by atoms with Crippen LogP contribution in [-0.2, 0) is 19.1 Å². The van der Waals surface area contributed by atoms with Crippen molar-refractivity contribution in [1.82, 2.24) is 10.6 Å². The normalized spacial score (nSPS) is 15.0. The van der Waals surface area contributed by atoms with Crippen LogP contribution in [0.15, 0.2) is 12.7 Å². The van der Waals surface area contributed by atoms with Gasteiger partial charge in [0.05, 0.1) is 7.11 Å². The first-order chi connectivity index (χ1) is 9.95. The molecule has 2 atom stereocenters. The Kier molecular flexibility index (Phi) is 7.09. The highest BCUT2D eigenvalue weighted by Gasteiger charge is 2.36. The highest BCUT2D eigenvalue weighted by Crippen LogP contribution is 2.14. The lowest BCUT2D eigenvalue weighted by Gasteiger charge is -2.31. The molecule has 0 radical (unpaired) electrons. The number of amides is 2. The predicted octanol–water partition coefficient (Wildman–Crippen LogP) is 1.52. The van der Waals surface area contributed by atoms with E-state index >= 15 is 0 Å². The molecule has 0 saturated heterocycles. The molecule has 2 amide bonds. The predicted molar refractivity (Wildman–Crippen MR) is 82.2 cm³/mol. The lowest BCUT2D eigenvalue weighted by molar-refractivity contribution is -0.145. The SMILES string of the molecule is C=CC[C@@](C)(NC(=O)OC(C)(C)C)C(=O)N[C@H](C)C(=O)OC. The van der Waals surface area contributed by atoms with Crippen LogP contribution in [0.4, 0.5) is 4.79 Å². The molecule has 0 rings (SSSR count). The Labute approximate surface area is 131 Å². The number of nitrogens with one attached hydrogen (secondary N) is 2. The number of hydrogen-bond acceptors (Lipinski definition) is 5. The fourth-order valence-electron chi connectivity index (χ4n) is 1.61. The monoisotopic (exact) mass is 314 g/mol. The second-order valence-electron chi connectivity index (χ2n) is 6.17. The van der Waals surface area contributed by atoms with Crippen LogP contribution in [0.1, 0.15) is 41.0 Å². The van der Waals surface area contributed by atoms with E-state index in [1.165, 1.54) is 27.0 Å². The summed E-state index contributed by atoms with van der Waals surface area (Å²) in [6, 6.07) is -0.831. The summed E-state index contributed by atoms with van der Waals surface area (Å²) in [4.78, 5) is 35.6. The first-order valence-electron chi connectivity index (χ1n) is 6.96. The van der Waals surface area contributed by atoms with Crippen molar-refractivity contribution < 1.29 is 23.9 Å². The zero-order valence-corrected chi connectivity index (χ0v) is 14.1. The highest BCUT2D eigenvalue weighted by atomic mass is 16.6. The summed E-state index contributed by atoms with van der Waals surface area (Å²) in [5, 5.41) is 5.01. The lowest BCUT2D eigenvalue weighted by Crippen LogP contribution is -2.59. The lowest BCUT2D eigenvalue weighted by atomic mass is 9.96. The van der Waals surface area contributed by atoms with Crippen molar-refractivity contribution in [2.75, 3.05) is 7.11 Å². The van der Waals surface area contributed by atoms with Crippen molar-refractivity contribution in [2.24, 2.45) is 0 Å². The quantitative estimate of drug-likeness (QED) is 0.573. The zero-order chi connectivity index (χ0) is 17.6. The van der Waals surface area contributed by atoms with Gasteiger partial charge in [0.2, 0.25) is 5.91 Å². The summed E-state index contributed by atoms with van der Waals surface area (Å²) in [7, 11) is 1.23. The Morgan fingerprint density at radius 2 is 1.77 bits per heavy atom. The van der Waals surface area contributed by atoms with E-state index in [0.717, 1.165) is 0 Å². The fourth-order valence-corrected chi connectivity index (χ4v) is 1.61. The third-order valence-corrected chi connectivity index (χ3v) is 2.73. The topological polar surface area (TPSA) is 93.7 Å². The molecule has 0 aliphatic heterocycles. The van der Waals surface area contributed by atoms with Crippen LogP contribution in [0.25, 0.3) is 0 Å². The van der Waals surface area contributed by atoms with Gasteiger partial charge < -0.3 is 20.1 Å². The van der Waals surface area contributed by atoms with E-state index in [9.17, 15) is 14.4 Å². The minimum Gasteiger partial charge on any atom is -0.467 e. The molecule has 0 aliphatic rings. The molecule has 0 bridgehead atoms. The van der Waals surface area contributed by atoms with E-state index in [1.54, 1.807) is 20.8 Å². The minimum absolute atomic E-state index is 0.173. The Balaban J connectivity index is 5.00. The Morgan fingerprint density at radius 3 is 2.18 bits per heavy atom. The molecule has 7 heteroatoms. The van der Waals surface area contributed by atoms with Crippen molar-refractivity contribution >= 4 is 18.0 Å². The van der Waals surface area contributed by atoms with Gasteiger partial charge in [0, 0.05) is 0 Å². The molecule has 0 spiro atoms. The summed E-state index contributed by atoms with van der Waals surface area (Å²) >= 11 is 0. The molecule has 22 heavy (non-hydrogen) atoms. The van der Waals surface area contributed by atoms with Crippen molar-refractivity contribution in [3.05, 3.63) is 12.7 Å². The fraction of sp³-hybridized carbons (Fsp3) is 0.667. The minimum atomic E-state index is -1.29. The van der Waals surface area contributed by atoms with Crippen LogP contribution in [0.5, 0.6) is 0 Å². The molecule has 0 fully saturated rings. The van der Waals surface area contributed by atoms with Crippen molar-refractivity contribution in [3.63, 3.8) is 0 Å². The van der Waals surface area contributed by atoms with E-state index < -0.39 is 35.2 Å². The van der Waals surface area contributed by atoms with E-state index in [-0.39, 0.29) is 6.42 Å². The number of rotatable bonds is 6. The van der Waals surface area contributed by atoms with Crippen molar-refractivity contribution in [1.29, 1.82) is 0 Å². The second kappa shape index (κ2) is 7.82. The maximum atomic E-state index is 12.3. The van der Waals surface area contributed by atoms with Gasteiger partial charge in [-0.2, -0.15) is 0 Å². The number of carbonyl (C=O) groups excluding carboxylic acids is 3. The average Bonchev–Trinajstić information content (AvgIpc) is 2.35. The molecule has 0 unspecified atom stereocenters. The number of hydrogen-bond donors (Lipinski definition) is 2. The van der Waals surface area contributed by atoms with Gasteiger partial charge >= 0.3 is 12.1 Å². The summed E-state index contributed by atoms with van der Waals surface area (Å²) in [6.07, 6.45) is 0.948. The Bertz CT molecular complexity index is 442. The van der Waals surface area contributed by atoms with Gasteiger partial charge in [0.15, 0.2) is 0 Å². The van der Waals surface area contributed by atoms with Gasteiger partial charge in [-0.3, -0.25) is 4.79 Å². The first-order valence-corrected chi connectivity index (χ1v) is 6.96. The average molecular weight is 314 g/mol. The number of ether oxygens (including phenoxy) is 2.